The van der Waals surface area contributed by atoms with Crippen LogP contribution in [0.15, 0.2) is 29.1 Å². The van der Waals surface area contributed by atoms with Crippen LogP contribution < -0.4 is 5.73 Å². The number of imidazole rings is 1. The Morgan fingerprint density at radius 1 is 1.44 bits per heavy atom. The van der Waals surface area contributed by atoms with Crippen molar-refractivity contribution in [2.45, 2.75) is 13.0 Å². The second-order valence-corrected chi connectivity index (χ2v) is 5.22. The van der Waals surface area contributed by atoms with Crippen molar-refractivity contribution in [2.75, 3.05) is 5.73 Å². The van der Waals surface area contributed by atoms with Crippen molar-refractivity contribution in [3.05, 3.63) is 39.7 Å². The van der Waals surface area contributed by atoms with E-state index in [0.29, 0.717) is 11.0 Å². The molecule has 92 valence electrons. The van der Waals surface area contributed by atoms with E-state index in [9.17, 15) is 0 Å². The first-order valence-electron chi connectivity index (χ1n) is 5.52. The maximum Gasteiger partial charge on any atom is 0.202 e. The summed E-state index contributed by atoms with van der Waals surface area (Å²) < 4.78 is 1.92. The molecule has 0 bridgehead atoms. The topological polar surface area (TPSA) is 56.7 Å². The summed E-state index contributed by atoms with van der Waals surface area (Å²) in [6.45, 7) is 0.772. The number of hydrogen-bond acceptors (Lipinski definition) is 4. The van der Waals surface area contributed by atoms with Gasteiger partial charge in [-0.05, 0) is 34.9 Å². The van der Waals surface area contributed by atoms with Gasteiger partial charge >= 0.3 is 0 Å². The second-order valence-electron chi connectivity index (χ2n) is 4.00. The van der Waals surface area contributed by atoms with E-state index in [-0.39, 0.29) is 0 Å². The molecule has 3 aromatic heterocycles. The molecule has 0 unspecified atom stereocenters. The zero-order chi connectivity index (χ0) is 12.5. The Morgan fingerprint density at radius 3 is 3.11 bits per heavy atom. The maximum atomic E-state index is 5.91. The lowest BCUT2D eigenvalue weighted by molar-refractivity contribution is 0.721. The molecule has 0 radical (unpaired) electrons. The quantitative estimate of drug-likeness (QED) is 0.801. The Labute approximate surface area is 113 Å². The number of thiophene rings is 1. The Bertz CT molecular complexity index is 675. The van der Waals surface area contributed by atoms with Crippen LogP contribution in [0.4, 0.5) is 5.95 Å². The average molecular weight is 279 g/mol. The second kappa shape index (κ2) is 4.59. The molecule has 0 atom stereocenters. The molecule has 3 aromatic rings. The molecule has 0 aromatic carbocycles. The first-order valence-corrected chi connectivity index (χ1v) is 6.84. The number of anilines is 1. The minimum absolute atomic E-state index is 0.481. The van der Waals surface area contributed by atoms with Gasteiger partial charge in [0.25, 0.3) is 0 Å². The third kappa shape index (κ3) is 2.07. The summed E-state index contributed by atoms with van der Waals surface area (Å²) in [5, 5.41) is 4.78. The number of hydrogen-bond donors (Lipinski definition) is 1. The highest BCUT2D eigenvalue weighted by Crippen LogP contribution is 2.20. The van der Waals surface area contributed by atoms with Gasteiger partial charge in [0, 0.05) is 12.7 Å². The predicted molar refractivity (Wildman–Crippen MR) is 75.0 cm³/mol. The van der Waals surface area contributed by atoms with Crippen LogP contribution in [0.25, 0.3) is 11.2 Å². The van der Waals surface area contributed by atoms with Crippen molar-refractivity contribution >= 4 is 40.0 Å². The van der Waals surface area contributed by atoms with Crippen molar-refractivity contribution in [1.82, 2.24) is 14.5 Å². The molecule has 0 amide bonds. The van der Waals surface area contributed by atoms with Crippen LogP contribution in [0.1, 0.15) is 5.56 Å². The van der Waals surface area contributed by atoms with E-state index < -0.39 is 0 Å². The summed E-state index contributed by atoms with van der Waals surface area (Å²) in [6, 6.07) is 3.89. The highest BCUT2D eigenvalue weighted by Gasteiger charge is 2.09. The molecule has 3 heterocycles. The summed E-state index contributed by atoms with van der Waals surface area (Å²) in [7, 11) is 0. The van der Waals surface area contributed by atoms with Crippen LogP contribution in [0.2, 0.25) is 5.02 Å². The van der Waals surface area contributed by atoms with Gasteiger partial charge in [-0.2, -0.15) is 11.3 Å². The molecule has 0 saturated heterocycles. The highest BCUT2D eigenvalue weighted by atomic mass is 35.5. The molecule has 18 heavy (non-hydrogen) atoms. The minimum Gasteiger partial charge on any atom is -0.369 e. The molecular weight excluding hydrogens is 268 g/mol. The number of aryl methyl sites for hydroxylation is 2. The van der Waals surface area contributed by atoms with Crippen molar-refractivity contribution in [3.8, 4) is 0 Å². The first kappa shape index (κ1) is 11.5. The normalized spacial score (nSPS) is 11.2. The maximum absolute atomic E-state index is 5.91. The number of pyridine rings is 1. The summed E-state index contributed by atoms with van der Waals surface area (Å²) in [4.78, 5) is 8.56. The van der Waals surface area contributed by atoms with Gasteiger partial charge in [0.05, 0.1) is 5.02 Å². The first-order chi connectivity index (χ1) is 8.74. The third-order valence-corrected chi connectivity index (χ3v) is 3.72. The average Bonchev–Trinajstić information content (AvgIpc) is 2.93. The summed E-state index contributed by atoms with van der Waals surface area (Å²) >= 11 is 7.58. The van der Waals surface area contributed by atoms with E-state index in [0.717, 1.165) is 24.1 Å². The number of nitrogens with zero attached hydrogens (tertiary/aromatic N) is 3. The zero-order valence-corrected chi connectivity index (χ0v) is 11.1. The molecule has 4 nitrogen and oxygen atoms in total. The standard InChI is InChI=1S/C12H11ClN4S/c13-9-5-10-11(15-6-9)17(12(14)16-10)3-1-8-2-4-18-7-8/h2,4-7H,1,3H2,(H2,14,16). The number of fused-ring (bicyclic) bond motifs is 1. The van der Waals surface area contributed by atoms with E-state index in [2.05, 4.69) is 26.8 Å². The van der Waals surface area contributed by atoms with Crippen LogP contribution in [0.5, 0.6) is 0 Å². The van der Waals surface area contributed by atoms with Crippen LogP contribution in [0, 0.1) is 0 Å². The number of nitrogen functional groups attached to an aromatic ring is 1. The monoisotopic (exact) mass is 278 g/mol. The smallest absolute Gasteiger partial charge is 0.202 e. The third-order valence-electron chi connectivity index (χ3n) is 2.79. The van der Waals surface area contributed by atoms with Gasteiger partial charge in [0.2, 0.25) is 5.95 Å². The Balaban J connectivity index is 1.93. The summed E-state index contributed by atoms with van der Waals surface area (Å²) in [5.74, 6) is 0.481. The van der Waals surface area contributed by atoms with Gasteiger partial charge in [-0.15, -0.1) is 0 Å². The molecule has 0 aliphatic heterocycles. The van der Waals surface area contributed by atoms with Crippen molar-refractivity contribution < 1.29 is 0 Å². The van der Waals surface area contributed by atoms with Gasteiger partial charge < -0.3 is 5.73 Å². The molecule has 6 heteroatoms. The lowest BCUT2D eigenvalue weighted by Crippen LogP contribution is -2.06. The largest absolute Gasteiger partial charge is 0.369 e. The molecular formula is C12H11ClN4S. The van der Waals surface area contributed by atoms with Crippen LogP contribution in [-0.4, -0.2) is 14.5 Å². The van der Waals surface area contributed by atoms with Crippen LogP contribution in [0.3, 0.4) is 0 Å². The Kier molecular flexibility index (Phi) is 2.93. The number of halogens is 1. The van der Waals surface area contributed by atoms with E-state index in [1.165, 1.54) is 5.56 Å². The number of rotatable bonds is 3. The molecule has 2 N–H and O–H groups in total. The van der Waals surface area contributed by atoms with E-state index in [1.54, 1.807) is 23.6 Å². The van der Waals surface area contributed by atoms with Crippen molar-refractivity contribution in [3.63, 3.8) is 0 Å². The summed E-state index contributed by atoms with van der Waals surface area (Å²) in [5.41, 5.74) is 8.74. The number of nitrogens with two attached hydrogens (primary N) is 1. The van der Waals surface area contributed by atoms with Gasteiger partial charge in [-0.3, -0.25) is 4.57 Å². The fourth-order valence-corrected chi connectivity index (χ4v) is 2.76. The van der Waals surface area contributed by atoms with Gasteiger partial charge in [-0.25, -0.2) is 9.97 Å². The van der Waals surface area contributed by atoms with Crippen LogP contribution in [-0.2, 0) is 13.0 Å². The SMILES string of the molecule is Nc1nc2cc(Cl)cnc2n1CCc1ccsc1. The Morgan fingerprint density at radius 2 is 2.33 bits per heavy atom. The summed E-state index contributed by atoms with van der Waals surface area (Å²) in [6.07, 6.45) is 2.54. The van der Waals surface area contributed by atoms with Gasteiger partial charge in [-0.1, -0.05) is 11.6 Å². The molecule has 0 aliphatic rings. The molecule has 3 rings (SSSR count). The highest BCUT2D eigenvalue weighted by molar-refractivity contribution is 7.07. The van der Waals surface area contributed by atoms with E-state index in [1.807, 2.05) is 4.57 Å². The fourth-order valence-electron chi connectivity index (χ4n) is 1.90. The Hall–Kier alpha value is -1.59. The molecule has 0 fully saturated rings. The van der Waals surface area contributed by atoms with Crippen LogP contribution >= 0.6 is 22.9 Å². The molecule has 0 saturated carbocycles. The molecule has 0 spiro atoms. The lowest BCUT2D eigenvalue weighted by atomic mass is 10.2. The lowest BCUT2D eigenvalue weighted by Gasteiger charge is -2.04. The van der Waals surface area contributed by atoms with E-state index in [4.69, 9.17) is 17.3 Å². The molecule has 0 aliphatic carbocycles. The van der Waals surface area contributed by atoms with E-state index >= 15 is 0 Å². The van der Waals surface area contributed by atoms with Gasteiger partial charge in [0.15, 0.2) is 5.65 Å². The predicted octanol–water partition coefficient (Wildman–Crippen LogP) is 2.97. The zero-order valence-electron chi connectivity index (χ0n) is 9.51. The van der Waals surface area contributed by atoms with Crippen molar-refractivity contribution in [2.24, 2.45) is 0 Å². The van der Waals surface area contributed by atoms with Gasteiger partial charge in [0.1, 0.15) is 5.52 Å². The van der Waals surface area contributed by atoms with Crippen molar-refractivity contribution in [1.29, 1.82) is 0 Å². The minimum atomic E-state index is 0.481. The number of aromatic nitrogens is 3. The fraction of sp³-hybridized carbons (Fsp3) is 0.167.